The van der Waals surface area contributed by atoms with Gasteiger partial charge in [0.15, 0.2) is 4.11 Å². The highest BCUT2D eigenvalue weighted by molar-refractivity contribution is 14.1. The third-order valence-corrected chi connectivity index (χ3v) is 1.97. The van der Waals surface area contributed by atoms with Crippen molar-refractivity contribution in [3.8, 4) is 0 Å². The van der Waals surface area contributed by atoms with Gasteiger partial charge in [-0.15, -0.1) is 0 Å². The second kappa shape index (κ2) is 6.66. The lowest BCUT2D eigenvalue weighted by Gasteiger charge is -2.07. The van der Waals surface area contributed by atoms with Gasteiger partial charge in [0.25, 0.3) is 0 Å². The molecule has 0 radical (unpaired) electrons. The maximum atomic E-state index is 11.0. The van der Waals surface area contributed by atoms with Crippen molar-refractivity contribution < 1.29 is 14.3 Å². The van der Waals surface area contributed by atoms with E-state index in [2.05, 4.69) is 0 Å². The summed E-state index contributed by atoms with van der Waals surface area (Å²) in [5, 5.41) is 0. The Morgan fingerprint density at radius 2 is 2.07 bits per heavy atom. The minimum atomic E-state index is -0.604. The highest BCUT2D eigenvalue weighted by Gasteiger charge is 2.06. The first kappa shape index (κ1) is 12.3. The molecule has 1 atom stereocenters. The molecule has 0 aliphatic heterocycles. The second-order valence-electron chi connectivity index (χ2n) is 2.99. The number of carbonyl (C=O) groups excluding carboxylic acids is 1. The van der Waals surface area contributed by atoms with Crippen molar-refractivity contribution >= 4 is 28.7 Å². The van der Waals surface area contributed by atoms with Crippen LogP contribution >= 0.6 is 22.6 Å². The molecule has 0 aromatic heterocycles. The van der Waals surface area contributed by atoms with Gasteiger partial charge in [0, 0.05) is 6.42 Å². The lowest BCUT2D eigenvalue weighted by Crippen LogP contribution is -2.12. The zero-order valence-electron chi connectivity index (χ0n) is 8.48. The van der Waals surface area contributed by atoms with Crippen molar-refractivity contribution in [2.24, 2.45) is 0 Å². The molecule has 0 bridgehead atoms. The van der Waals surface area contributed by atoms with Gasteiger partial charge in [0.2, 0.25) is 0 Å². The Kier molecular flexibility index (Phi) is 5.45. The van der Waals surface area contributed by atoms with E-state index in [9.17, 15) is 4.79 Å². The Hall–Kier alpha value is -0.780. The van der Waals surface area contributed by atoms with Crippen molar-refractivity contribution in [1.29, 1.82) is 0 Å². The molecule has 1 aromatic rings. The molecule has 0 saturated carbocycles. The molecule has 82 valence electrons. The molecule has 1 aromatic carbocycles. The molecule has 1 unspecified atom stereocenters. The fourth-order valence-corrected chi connectivity index (χ4v) is 1.27. The summed E-state index contributed by atoms with van der Waals surface area (Å²) in [4.78, 5) is 11.0. The molecule has 1 rings (SSSR count). The molecule has 0 heterocycles. The van der Waals surface area contributed by atoms with Crippen LogP contribution in [0.2, 0.25) is 0 Å². The predicted molar refractivity (Wildman–Crippen MR) is 66.1 cm³/mol. The molecule has 0 amide bonds. The van der Waals surface area contributed by atoms with Gasteiger partial charge >= 0.3 is 6.16 Å². The monoisotopic (exact) mass is 320 g/mol. The van der Waals surface area contributed by atoms with Gasteiger partial charge in [-0.1, -0.05) is 30.3 Å². The van der Waals surface area contributed by atoms with Crippen molar-refractivity contribution in [1.82, 2.24) is 0 Å². The molecule has 3 nitrogen and oxygen atoms in total. The second-order valence-corrected chi connectivity index (χ2v) is 4.75. The Labute approximate surface area is 103 Å². The van der Waals surface area contributed by atoms with E-state index in [1.807, 2.05) is 52.9 Å². The van der Waals surface area contributed by atoms with E-state index >= 15 is 0 Å². The summed E-state index contributed by atoms with van der Waals surface area (Å²) < 4.78 is 9.54. The quantitative estimate of drug-likeness (QED) is 0.486. The molecule has 0 aliphatic rings. The summed E-state index contributed by atoms with van der Waals surface area (Å²) in [7, 11) is 0. The Bertz CT molecular complexity index is 298. The average Bonchev–Trinajstić information content (AvgIpc) is 2.18. The summed E-state index contributed by atoms with van der Waals surface area (Å²) >= 11 is 2.00. The molecular weight excluding hydrogens is 307 g/mol. The van der Waals surface area contributed by atoms with Crippen molar-refractivity contribution in [3.63, 3.8) is 0 Å². The van der Waals surface area contributed by atoms with Crippen LogP contribution in [0.5, 0.6) is 0 Å². The number of halogens is 1. The number of benzene rings is 1. The van der Waals surface area contributed by atoms with Crippen LogP contribution in [-0.4, -0.2) is 16.9 Å². The molecule has 4 heteroatoms. The van der Waals surface area contributed by atoms with Crippen molar-refractivity contribution in [2.45, 2.75) is 17.5 Å². The van der Waals surface area contributed by atoms with Gasteiger partial charge < -0.3 is 9.47 Å². The number of carbonyl (C=O) groups is 1. The molecule has 15 heavy (non-hydrogen) atoms. The first-order valence-electron chi connectivity index (χ1n) is 4.70. The van der Waals surface area contributed by atoms with E-state index < -0.39 is 6.16 Å². The van der Waals surface area contributed by atoms with E-state index in [0.29, 0.717) is 13.0 Å². The zero-order valence-corrected chi connectivity index (χ0v) is 10.6. The zero-order chi connectivity index (χ0) is 11.1. The number of rotatable bonds is 4. The van der Waals surface area contributed by atoms with Gasteiger partial charge in [0.1, 0.15) is 0 Å². The first-order valence-corrected chi connectivity index (χ1v) is 5.94. The van der Waals surface area contributed by atoms with Crippen LogP contribution in [0.15, 0.2) is 30.3 Å². The normalized spacial score (nSPS) is 11.9. The van der Waals surface area contributed by atoms with Crippen LogP contribution < -0.4 is 0 Å². The summed E-state index contributed by atoms with van der Waals surface area (Å²) in [6, 6.07) is 9.86. The van der Waals surface area contributed by atoms with Crippen LogP contribution in [0.25, 0.3) is 0 Å². The van der Waals surface area contributed by atoms with Gasteiger partial charge in [-0.25, -0.2) is 4.79 Å². The van der Waals surface area contributed by atoms with E-state index in [-0.39, 0.29) is 4.11 Å². The molecule has 0 N–H and O–H groups in total. The Balaban J connectivity index is 2.19. The SMILES string of the molecule is CC(I)OC(=O)OCCc1ccccc1. The van der Waals surface area contributed by atoms with Crippen LogP contribution in [0.4, 0.5) is 4.79 Å². The average molecular weight is 320 g/mol. The maximum absolute atomic E-state index is 11.0. The van der Waals surface area contributed by atoms with Gasteiger partial charge in [-0.05, 0) is 35.1 Å². The molecular formula is C11H13IO3. The first-order chi connectivity index (χ1) is 7.18. The highest BCUT2D eigenvalue weighted by atomic mass is 127. The standard InChI is InChI=1S/C11H13IO3/c1-9(12)15-11(13)14-8-7-10-5-3-2-4-6-10/h2-6,9H,7-8H2,1H3. The lowest BCUT2D eigenvalue weighted by atomic mass is 10.2. The number of ether oxygens (including phenoxy) is 2. The fraction of sp³-hybridized carbons (Fsp3) is 0.364. The summed E-state index contributed by atoms with van der Waals surface area (Å²) in [6.45, 7) is 2.13. The van der Waals surface area contributed by atoms with Gasteiger partial charge in [0.05, 0.1) is 6.61 Å². The van der Waals surface area contributed by atoms with E-state index in [0.717, 1.165) is 5.56 Å². The Morgan fingerprint density at radius 3 is 2.67 bits per heavy atom. The fourth-order valence-electron chi connectivity index (χ4n) is 1.06. The van der Waals surface area contributed by atoms with Crippen LogP contribution in [0.1, 0.15) is 12.5 Å². The molecule has 0 spiro atoms. The Morgan fingerprint density at radius 1 is 1.40 bits per heavy atom. The summed E-state index contributed by atoms with van der Waals surface area (Å²) in [6.07, 6.45) is 0.110. The minimum Gasteiger partial charge on any atom is -0.434 e. The number of hydrogen-bond donors (Lipinski definition) is 0. The molecule has 0 aliphatic carbocycles. The van der Waals surface area contributed by atoms with E-state index in [1.54, 1.807) is 6.92 Å². The lowest BCUT2D eigenvalue weighted by molar-refractivity contribution is 0.0557. The third-order valence-electron chi connectivity index (χ3n) is 1.71. The molecule has 0 fully saturated rings. The van der Waals surface area contributed by atoms with Crippen LogP contribution in [0.3, 0.4) is 0 Å². The van der Waals surface area contributed by atoms with E-state index in [4.69, 9.17) is 9.47 Å². The predicted octanol–water partition coefficient (Wildman–Crippen LogP) is 3.16. The summed E-state index contributed by atoms with van der Waals surface area (Å²) in [5.74, 6) is 0. The topological polar surface area (TPSA) is 35.5 Å². The summed E-state index contributed by atoms with van der Waals surface area (Å²) in [5.41, 5.74) is 1.15. The van der Waals surface area contributed by atoms with Crippen molar-refractivity contribution in [2.75, 3.05) is 6.61 Å². The van der Waals surface area contributed by atoms with Gasteiger partial charge in [-0.2, -0.15) is 0 Å². The highest BCUT2D eigenvalue weighted by Crippen LogP contribution is 2.03. The minimum absolute atomic E-state index is 0.160. The maximum Gasteiger partial charge on any atom is 0.509 e. The smallest absolute Gasteiger partial charge is 0.434 e. The largest absolute Gasteiger partial charge is 0.509 e. The van der Waals surface area contributed by atoms with Crippen molar-refractivity contribution in [3.05, 3.63) is 35.9 Å². The number of alkyl halides is 1. The number of hydrogen-bond acceptors (Lipinski definition) is 3. The van der Waals surface area contributed by atoms with Gasteiger partial charge in [-0.3, -0.25) is 0 Å². The van der Waals surface area contributed by atoms with Crippen LogP contribution in [-0.2, 0) is 15.9 Å². The van der Waals surface area contributed by atoms with E-state index in [1.165, 1.54) is 0 Å². The molecule has 0 saturated heterocycles. The van der Waals surface area contributed by atoms with Crippen LogP contribution in [0, 0.1) is 0 Å². The third kappa shape index (κ3) is 5.61.